The van der Waals surface area contributed by atoms with Crippen molar-refractivity contribution in [1.82, 2.24) is 9.78 Å². The van der Waals surface area contributed by atoms with E-state index in [1.165, 1.54) is 12.1 Å². The van der Waals surface area contributed by atoms with Crippen molar-refractivity contribution in [3.63, 3.8) is 0 Å². The van der Waals surface area contributed by atoms with Gasteiger partial charge in [0, 0.05) is 18.2 Å². The van der Waals surface area contributed by atoms with E-state index in [1.54, 1.807) is 41.2 Å². The van der Waals surface area contributed by atoms with Crippen molar-refractivity contribution >= 4 is 11.7 Å². The number of nitrogens with zero attached hydrogens (tertiary/aromatic N) is 2. The largest absolute Gasteiger partial charge is 0.451 e. The van der Waals surface area contributed by atoms with E-state index in [2.05, 4.69) is 10.4 Å². The second kappa shape index (κ2) is 6.48. The van der Waals surface area contributed by atoms with Crippen LogP contribution in [0.3, 0.4) is 0 Å². The number of nitrogens with one attached hydrogen (secondary N) is 1. The summed E-state index contributed by atoms with van der Waals surface area (Å²) >= 11 is 0. The van der Waals surface area contributed by atoms with Crippen molar-refractivity contribution in [3.8, 4) is 11.3 Å². The zero-order chi connectivity index (χ0) is 16.2. The predicted octanol–water partition coefficient (Wildman–Crippen LogP) is 3.94. The summed E-state index contributed by atoms with van der Waals surface area (Å²) in [6.45, 7) is 2.76. The van der Waals surface area contributed by atoms with E-state index in [4.69, 9.17) is 4.42 Å². The van der Waals surface area contributed by atoms with Gasteiger partial charge >= 0.3 is 0 Å². The van der Waals surface area contributed by atoms with Crippen LogP contribution >= 0.6 is 0 Å². The first kappa shape index (κ1) is 15.0. The summed E-state index contributed by atoms with van der Waals surface area (Å²) < 4.78 is 20.2. The molecule has 1 amide bonds. The summed E-state index contributed by atoms with van der Waals surface area (Å²) in [6.07, 6.45) is 2.55. The summed E-state index contributed by atoms with van der Waals surface area (Å²) in [5.74, 6) is 0.654. The van der Waals surface area contributed by atoms with Crippen LogP contribution in [0.4, 0.5) is 10.2 Å². The van der Waals surface area contributed by atoms with Gasteiger partial charge in [-0.15, -0.1) is 0 Å². The van der Waals surface area contributed by atoms with E-state index < -0.39 is 0 Å². The van der Waals surface area contributed by atoms with Crippen molar-refractivity contribution < 1.29 is 13.6 Å². The minimum atomic E-state index is -0.351. The van der Waals surface area contributed by atoms with Crippen molar-refractivity contribution in [2.24, 2.45) is 0 Å². The monoisotopic (exact) mass is 313 g/mol. The van der Waals surface area contributed by atoms with Gasteiger partial charge in [-0.05, 0) is 42.8 Å². The van der Waals surface area contributed by atoms with Crippen molar-refractivity contribution in [2.75, 3.05) is 5.32 Å². The number of furan rings is 1. The lowest BCUT2D eigenvalue weighted by molar-refractivity contribution is 0.0996. The SMILES string of the molecule is CCCn1nccc1NC(=O)c1ccc(-c2ccc(F)cc2)o1. The fraction of sp³-hybridized carbons (Fsp3) is 0.176. The van der Waals surface area contributed by atoms with Gasteiger partial charge in [-0.2, -0.15) is 5.10 Å². The highest BCUT2D eigenvalue weighted by Crippen LogP contribution is 2.23. The number of rotatable bonds is 5. The van der Waals surface area contributed by atoms with Crippen LogP contribution in [0.25, 0.3) is 11.3 Å². The molecule has 0 bridgehead atoms. The topological polar surface area (TPSA) is 60.1 Å². The summed E-state index contributed by atoms with van der Waals surface area (Å²) in [5.41, 5.74) is 0.710. The fourth-order valence-corrected chi connectivity index (χ4v) is 2.24. The third-order valence-electron chi connectivity index (χ3n) is 3.35. The van der Waals surface area contributed by atoms with Crippen LogP contribution in [-0.4, -0.2) is 15.7 Å². The first-order chi connectivity index (χ1) is 11.2. The molecule has 5 nitrogen and oxygen atoms in total. The van der Waals surface area contributed by atoms with E-state index in [-0.39, 0.29) is 17.5 Å². The van der Waals surface area contributed by atoms with Crippen LogP contribution in [0.5, 0.6) is 0 Å². The maximum absolute atomic E-state index is 12.9. The van der Waals surface area contributed by atoms with Crippen LogP contribution < -0.4 is 5.32 Å². The minimum absolute atomic E-state index is 0.188. The number of carbonyl (C=O) groups is 1. The Hall–Kier alpha value is -2.89. The van der Waals surface area contributed by atoms with Crippen LogP contribution in [0.1, 0.15) is 23.9 Å². The molecule has 2 heterocycles. The van der Waals surface area contributed by atoms with E-state index in [0.29, 0.717) is 17.1 Å². The molecule has 0 unspecified atom stereocenters. The Kier molecular flexibility index (Phi) is 4.23. The van der Waals surface area contributed by atoms with Gasteiger partial charge in [0.1, 0.15) is 17.4 Å². The number of anilines is 1. The van der Waals surface area contributed by atoms with E-state index in [1.807, 2.05) is 6.92 Å². The summed E-state index contributed by atoms with van der Waals surface area (Å²) in [5, 5.41) is 6.92. The fourth-order valence-electron chi connectivity index (χ4n) is 2.24. The second-order valence-electron chi connectivity index (χ2n) is 5.06. The molecule has 118 valence electrons. The predicted molar refractivity (Wildman–Crippen MR) is 84.6 cm³/mol. The lowest BCUT2D eigenvalue weighted by Crippen LogP contribution is -2.15. The lowest BCUT2D eigenvalue weighted by atomic mass is 10.2. The molecular weight excluding hydrogens is 297 g/mol. The number of carbonyl (C=O) groups excluding carboxylic acids is 1. The van der Waals surface area contributed by atoms with Gasteiger partial charge < -0.3 is 9.73 Å². The molecule has 0 aliphatic rings. The summed E-state index contributed by atoms with van der Waals surface area (Å²) in [6, 6.07) is 10.9. The molecule has 0 aliphatic carbocycles. The molecular formula is C17H16FN3O2. The molecule has 0 saturated heterocycles. The highest BCUT2D eigenvalue weighted by molar-refractivity contribution is 6.02. The third-order valence-corrected chi connectivity index (χ3v) is 3.35. The molecule has 0 aliphatic heterocycles. The smallest absolute Gasteiger partial charge is 0.292 e. The van der Waals surface area contributed by atoms with Crippen LogP contribution in [0.2, 0.25) is 0 Å². The molecule has 0 fully saturated rings. The van der Waals surface area contributed by atoms with Gasteiger partial charge in [-0.1, -0.05) is 6.92 Å². The molecule has 1 N–H and O–H groups in total. The van der Waals surface area contributed by atoms with Gasteiger partial charge in [-0.3, -0.25) is 4.79 Å². The average Bonchev–Trinajstić information content (AvgIpc) is 3.18. The van der Waals surface area contributed by atoms with Gasteiger partial charge in [-0.25, -0.2) is 9.07 Å². The number of benzene rings is 1. The molecule has 3 rings (SSSR count). The summed E-state index contributed by atoms with van der Waals surface area (Å²) in [4.78, 5) is 12.3. The van der Waals surface area contributed by atoms with Crippen molar-refractivity contribution in [1.29, 1.82) is 0 Å². The second-order valence-corrected chi connectivity index (χ2v) is 5.06. The lowest BCUT2D eigenvalue weighted by Gasteiger charge is -2.06. The molecule has 1 aromatic carbocycles. The zero-order valence-electron chi connectivity index (χ0n) is 12.6. The van der Waals surface area contributed by atoms with Crippen LogP contribution in [0.15, 0.2) is 53.1 Å². The zero-order valence-corrected chi connectivity index (χ0v) is 12.6. The number of aromatic nitrogens is 2. The number of aryl methyl sites for hydroxylation is 1. The highest BCUT2D eigenvalue weighted by atomic mass is 19.1. The molecule has 0 radical (unpaired) electrons. The Bertz CT molecular complexity index is 805. The number of hydrogen-bond acceptors (Lipinski definition) is 3. The first-order valence-corrected chi connectivity index (χ1v) is 7.36. The van der Waals surface area contributed by atoms with Crippen molar-refractivity contribution in [2.45, 2.75) is 19.9 Å². The maximum atomic E-state index is 12.9. The Morgan fingerprint density at radius 2 is 2.00 bits per heavy atom. The molecule has 0 spiro atoms. The Labute approximate surface area is 132 Å². The molecule has 2 aromatic heterocycles. The van der Waals surface area contributed by atoms with Gasteiger partial charge in [0.05, 0.1) is 6.20 Å². The summed E-state index contributed by atoms with van der Waals surface area (Å²) in [7, 11) is 0. The average molecular weight is 313 g/mol. The number of halogens is 1. The van der Waals surface area contributed by atoms with Crippen molar-refractivity contribution in [3.05, 3.63) is 60.2 Å². The standard InChI is InChI=1S/C17H16FN3O2/c1-2-11-21-16(9-10-19-21)20-17(22)15-8-7-14(23-15)12-3-5-13(18)6-4-12/h3-10H,2,11H2,1H3,(H,20,22). The molecule has 23 heavy (non-hydrogen) atoms. The van der Waals surface area contributed by atoms with E-state index in [0.717, 1.165) is 13.0 Å². The van der Waals surface area contributed by atoms with E-state index >= 15 is 0 Å². The van der Waals surface area contributed by atoms with Gasteiger partial charge in [0.2, 0.25) is 0 Å². The Morgan fingerprint density at radius 3 is 2.74 bits per heavy atom. The minimum Gasteiger partial charge on any atom is -0.451 e. The number of amides is 1. The van der Waals surface area contributed by atoms with E-state index in [9.17, 15) is 9.18 Å². The van der Waals surface area contributed by atoms with Gasteiger partial charge in [0.15, 0.2) is 5.76 Å². The molecule has 3 aromatic rings. The number of hydrogen-bond donors (Lipinski definition) is 1. The Balaban J connectivity index is 1.76. The maximum Gasteiger partial charge on any atom is 0.292 e. The molecule has 6 heteroatoms. The first-order valence-electron chi connectivity index (χ1n) is 7.36. The molecule has 0 saturated carbocycles. The Morgan fingerprint density at radius 1 is 1.22 bits per heavy atom. The van der Waals surface area contributed by atoms with Gasteiger partial charge in [0.25, 0.3) is 5.91 Å². The normalized spacial score (nSPS) is 10.7. The molecule has 0 atom stereocenters. The quantitative estimate of drug-likeness (QED) is 0.776. The van der Waals surface area contributed by atoms with Crippen LogP contribution in [0, 0.1) is 5.82 Å². The highest BCUT2D eigenvalue weighted by Gasteiger charge is 2.14. The third kappa shape index (κ3) is 3.31. The van der Waals surface area contributed by atoms with Crippen LogP contribution in [-0.2, 0) is 6.54 Å².